The number of aryl methyl sites for hydroxylation is 3. The van der Waals surface area contributed by atoms with Crippen molar-refractivity contribution in [2.24, 2.45) is 0 Å². The summed E-state index contributed by atoms with van der Waals surface area (Å²) in [6.07, 6.45) is 4.63. The van der Waals surface area contributed by atoms with Crippen LogP contribution < -0.4 is 9.62 Å². The van der Waals surface area contributed by atoms with Crippen LogP contribution in [0.1, 0.15) is 58.4 Å². The van der Waals surface area contributed by atoms with Crippen LogP contribution in [-0.2, 0) is 22.9 Å². The Morgan fingerprint density at radius 3 is 2.33 bits per heavy atom. The van der Waals surface area contributed by atoms with E-state index in [2.05, 4.69) is 23.5 Å². The molecule has 0 aromatic heterocycles. The van der Waals surface area contributed by atoms with E-state index in [4.69, 9.17) is 0 Å². The smallest absolute Gasteiger partial charge is 0.264 e. The Kier molecular flexibility index (Phi) is 6.56. The molecule has 0 heterocycles. The van der Waals surface area contributed by atoms with Crippen molar-refractivity contribution < 1.29 is 13.2 Å². The van der Waals surface area contributed by atoms with E-state index in [0.717, 1.165) is 24.0 Å². The molecule has 1 atom stereocenters. The Balaban J connectivity index is 1.58. The number of fused-ring (bicyclic) bond motifs is 1. The minimum absolute atomic E-state index is 0.188. The van der Waals surface area contributed by atoms with Gasteiger partial charge in [-0.25, -0.2) is 8.42 Å². The van der Waals surface area contributed by atoms with E-state index in [1.54, 1.807) is 48.5 Å². The first-order valence-electron chi connectivity index (χ1n) is 11.3. The van der Waals surface area contributed by atoms with Crippen LogP contribution in [-0.4, -0.2) is 21.4 Å². The number of carbonyl (C=O) groups excluding carboxylic acids is 1. The first-order chi connectivity index (χ1) is 15.8. The van der Waals surface area contributed by atoms with Crippen LogP contribution in [0.15, 0.2) is 71.6 Å². The molecule has 3 aromatic rings. The summed E-state index contributed by atoms with van der Waals surface area (Å²) in [6.45, 7) is 3.86. The predicted molar refractivity (Wildman–Crippen MR) is 132 cm³/mol. The molecular weight excluding hydrogens is 432 g/mol. The number of hydrogen-bond donors (Lipinski definition) is 1. The lowest BCUT2D eigenvalue weighted by Crippen LogP contribution is -2.32. The number of anilines is 1. The number of nitrogens with one attached hydrogen (secondary N) is 1. The number of rotatable bonds is 6. The first-order valence-corrected chi connectivity index (χ1v) is 12.8. The van der Waals surface area contributed by atoms with Crippen molar-refractivity contribution >= 4 is 21.6 Å². The molecule has 172 valence electrons. The zero-order valence-corrected chi connectivity index (χ0v) is 20.2. The largest absolute Gasteiger partial charge is 0.345 e. The molecule has 0 radical (unpaired) electrons. The highest BCUT2D eigenvalue weighted by molar-refractivity contribution is 7.92. The van der Waals surface area contributed by atoms with Gasteiger partial charge in [-0.2, -0.15) is 0 Å². The third kappa shape index (κ3) is 4.81. The average molecular weight is 463 g/mol. The molecule has 1 unspecified atom stereocenters. The maximum absolute atomic E-state index is 13.2. The minimum Gasteiger partial charge on any atom is -0.345 e. The maximum atomic E-state index is 13.2. The van der Waals surface area contributed by atoms with E-state index in [1.165, 1.54) is 35.3 Å². The summed E-state index contributed by atoms with van der Waals surface area (Å²) in [7, 11) is -2.32. The molecule has 1 aliphatic rings. The lowest BCUT2D eigenvalue weighted by Gasteiger charge is -2.23. The van der Waals surface area contributed by atoms with Gasteiger partial charge in [0, 0.05) is 7.05 Å². The third-order valence-corrected chi connectivity index (χ3v) is 8.17. The molecule has 0 saturated carbocycles. The molecule has 33 heavy (non-hydrogen) atoms. The van der Waals surface area contributed by atoms with Crippen molar-refractivity contribution in [1.29, 1.82) is 0 Å². The molecule has 0 spiro atoms. The van der Waals surface area contributed by atoms with Crippen LogP contribution >= 0.6 is 0 Å². The fourth-order valence-electron chi connectivity index (χ4n) is 4.32. The number of carbonyl (C=O) groups is 1. The normalized spacial score (nSPS) is 14.3. The highest BCUT2D eigenvalue weighted by atomic mass is 32.2. The molecular formula is C27H30N2O3S. The number of hydrogen-bond acceptors (Lipinski definition) is 3. The summed E-state index contributed by atoms with van der Waals surface area (Å²) in [4.78, 5) is 13.4. The Morgan fingerprint density at radius 1 is 0.939 bits per heavy atom. The SMILES string of the molecule is Cc1ccc(S(=O)(=O)N(C)c2ccccc2C(=O)NC(C)c2ccc3c(c2)CCCC3)cc1. The van der Waals surface area contributed by atoms with Gasteiger partial charge in [0.25, 0.3) is 15.9 Å². The van der Waals surface area contributed by atoms with E-state index in [-0.39, 0.29) is 16.8 Å². The monoisotopic (exact) mass is 462 g/mol. The van der Waals surface area contributed by atoms with Crippen molar-refractivity contribution in [3.8, 4) is 0 Å². The van der Waals surface area contributed by atoms with E-state index >= 15 is 0 Å². The fourth-order valence-corrected chi connectivity index (χ4v) is 5.53. The molecule has 1 aliphatic carbocycles. The minimum atomic E-state index is -3.80. The summed E-state index contributed by atoms with van der Waals surface area (Å²) in [5.74, 6) is -0.304. The standard InChI is InChI=1S/C27H30N2O3S/c1-19-12-16-24(17-13-19)33(31,32)29(3)26-11-7-6-10-25(26)27(30)28-20(2)22-15-14-21-8-4-5-9-23(21)18-22/h6-7,10-18,20H,4-5,8-9H2,1-3H3,(H,28,30). The lowest BCUT2D eigenvalue weighted by atomic mass is 9.89. The van der Waals surface area contributed by atoms with Crippen LogP contribution in [0, 0.1) is 6.92 Å². The molecule has 3 aromatic carbocycles. The third-order valence-electron chi connectivity index (χ3n) is 6.39. The molecule has 0 aliphatic heterocycles. The molecule has 4 rings (SSSR count). The maximum Gasteiger partial charge on any atom is 0.264 e. The highest BCUT2D eigenvalue weighted by Crippen LogP contribution is 2.28. The molecule has 0 saturated heterocycles. The van der Waals surface area contributed by atoms with Gasteiger partial charge in [-0.1, -0.05) is 48.0 Å². The van der Waals surface area contributed by atoms with Crippen LogP contribution in [0.4, 0.5) is 5.69 Å². The molecule has 1 amide bonds. The molecule has 0 bridgehead atoms. The molecule has 6 heteroatoms. The Bertz CT molecular complexity index is 1270. The number of para-hydroxylation sites is 1. The predicted octanol–water partition coefficient (Wildman–Crippen LogP) is 5.19. The van der Waals surface area contributed by atoms with E-state index in [0.29, 0.717) is 11.3 Å². The Morgan fingerprint density at radius 2 is 1.61 bits per heavy atom. The highest BCUT2D eigenvalue weighted by Gasteiger charge is 2.25. The number of nitrogens with zero attached hydrogens (tertiary/aromatic N) is 1. The topological polar surface area (TPSA) is 66.5 Å². The van der Waals surface area contributed by atoms with Crippen LogP contribution in [0.5, 0.6) is 0 Å². The van der Waals surface area contributed by atoms with Gasteiger partial charge in [0.05, 0.1) is 22.2 Å². The van der Waals surface area contributed by atoms with E-state index in [1.807, 2.05) is 13.8 Å². The van der Waals surface area contributed by atoms with Gasteiger partial charge >= 0.3 is 0 Å². The number of sulfonamides is 1. The molecule has 1 N–H and O–H groups in total. The van der Waals surface area contributed by atoms with Gasteiger partial charge in [-0.05, 0) is 80.5 Å². The Labute approximate surface area is 196 Å². The van der Waals surface area contributed by atoms with Gasteiger partial charge in [0.2, 0.25) is 0 Å². The fraction of sp³-hybridized carbons (Fsp3) is 0.296. The second kappa shape index (κ2) is 9.40. The molecule has 0 fully saturated rings. The van der Waals surface area contributed by atoms with Crippen LogP contribution in [0.25, 0.3) is 0 Å². The summed E-state index contributed by atoms with van der Waals surface area (Å²) in [5.41, 5.74) is 5.46. The van der Waals surface area contributed by atoms with Crippen molar-refractivity contribution in [3.05, 3.63) is 94.5 Å². The van der Waals surface area contributed by atoms with Crippen molar-refractivity contribution in [1.82, 2.24) is 5.32 Å². The first kappa shape index (κ1) is 23.1. The van der Waals surface area contributed by atoms with Gasteiger partial charge in [0.15, 0.2) is 0 Å². The zero-order chi connectivity index (χ0) is 23.6. The summed E-state index contributed by atoms with van der Waals surface area (Å²) in [6, 6.07) is 19.7. The van der Waals surface area contributed by atoms with Crippen LogP contribution in [0.3, 0.4) is 0 Å². The number of benzene rings is 3. The summed E-state index contributed by atoms with van der Waals surface area (Å²) < 4.78 is 27.6. The summed E-state index contributed by atoms with van der Waals surface area (Å²) in [5, 5.41) is 3.05. The lowest BCUT2D eigenvalue weighted by molar-refractivity contribution is 0.0940. The van der Waals surface area contributed by atoms with Crippen molar-refractivity contribution in [3.63, 3.8) is 0 Å². The average Bonchev–Trinajstić information content (AvgIpc) is 2.83. The van der Waals surface area contributed by atoms with E-state index in [9.17, 15) is 13.2 Å². The number of amides is 1. The zero-order valence-electron chi connectivity index (χ0n) is 19.3. The second-order valence-corrected chi connectivity index (χ2v) is 10.7. The van der Waals surface area contributed by atoms with Gasteiger partial charge in [-0.3, -0.25) is 9.10 Å². The van der Waals surface area contributed by atoms with Gasteiger partial charge in [0.1, 0.15) is 0 Å². The molecule has 5 nitrogen and oxygen atoms in total. The van der Waals surface area contributed by atoms with Crippen LogP contribution in [0.2, 0.25) is 0 Å². The van der Waals surface area contributed by atoms with Gasteiger partial charge < -0.3 is 5.32 Å². The van der Waals surface area contributed by atoms with Crippen molar-refractivity contribution in [2.75, 3.05) is 11.4 Å². The quantitative estimate of drug-likeness (QED) is 0.548. The Hall–Kier alpha value is -3.12. The van der Waals surface area contributed by atoms with Crippen molar-refractivity contribution in [2.45, 2.75) is 50.5 Å². The summed E-state index contributed by atoms with van der Waals surface area (Å²) >= 11 is 0. The van der Waals surface area contributed by atoms with E-state index < -0.39 is 10.0 Å². The second-order valence-electron chi connectivity index (χ2n) is 8.73. The van der Waals surface area contributed by atoms with Gasteiger partial charge in [-0.15, -0.1) is 0 Å².